The lowest BCUT2D eigenvalue weighted by molar-refractivity contribution is -0.133. The number of nitrogens with one attached hydrogen (secondary N) is 6. The molecule has 17 nitrogen and oxygen atoms in total. The maximum absolute atomic E-state index is 14.9. The number of carbonyl (C=O) groups excluding carboxylic acids is 6. The van der Waals surface area contributed by atoms with E-state index < -0.39 is 113 Å². The molecule has 0 heterocycles. The number of halogens is 5. The SMILES string of the molecule is CC(C)(C)OC(=O)NC(Cc1ccccc1)C(=O)NC(CCCNC(=N)N)C(=O)NC(Cc1c(F)c(F)c(F)c(F)c1F)C(=O)NC(CCCCOC(N)=O)C(N)=O. The van der Waals surface area contributed by atoms with Gasteiger partial charge < -0.3 is 53.3 Å². The van der Waals surface area contributed by atoms with Crippen LogP contribution in [-0.2, 0) is 41.5 Å². The quantitative estimate of drug-likeness (QED) is 0.0219. The van der Waals surface area contributed by atoms with Crippen molar-refractivity contribution in [3.05, 3.63) is 70.5 Å². The van der Waals surface area contributed by atoms with Crippen LogP contribution in [0.3, 0.4) is 0 Å². The summed E-state index contributed by atoms with van der Waals surface area (Å²) in [6.45, 7) is 4.57. The molecular formula is C36H48F5N9O8. The van der Waals surface area contributed by atoms with Crippen LogP contribution < -0.4 is 43.8 Å². The van der Waals surface area contributed by atoms with Crippen molar-refractivity contribution in [3.63, 3.8) is 0 Å². The predicted molar refractivity (Wildman–Crippen MR) is 197 cm³/mol. The van der Waals surface area contributed by atoms with Crippen molar-refractivity contribution in [2.24, 2.45) is 17.2 Å². The molecule has 0 aliphatic carbocycles. The Labute approximate surface area is 330 Å². The Hall–Kier alpha value is -6.22. The highest BCUT2D eigenvalue weighted by Crippen LogP contribution is 2.24. The summed E-state index contributed by atoms with van der Waals surface area (Å²) >= 11 is 0. The molecule has 2 aromatic rings. The van der Waals surface area contributed by atoms with Gasteiger partial charge in [-0.05, 0) is 58.4 Å². The Morgan fingerprint density at radius 2 is 1.17 bits per heavy atom. The smallest absolute Gasteiger partial charge is 0.408 e. The first kappa shape index (κ1) is 47.9. The van der Waals surface area contributed by atoms with Crippen molar-refractivity contribution in [3.8, 4) is 0 Å². The van der Waals surface area contributed by atoms with Crippen molar-refractivity contribution in [1.29, 1.82) is 5.41 Å². The molecule has 320 valence electrons. The van der Waals surface area contributed by atoms with Gasteiger partial charge in [0.15, 0.2) is 29.2 Å². The van der Waals surface area contributed by atoms with E-state index in [9.17, 15) is 50.7 Å². The minimum absolute atomic E-state index is 0.0124. The molecule has 0 saturated heterocycles. The van der Waals surface area contributed by atoms with E-state index in [0.29, 0.717) is 5.56 Å². The lowest BCUT2D eigenvalue weighted by Gasteiger charge is -2.27. The van der Waals surface area contributed by atoms with E-state index in [1.54, 1.807) is 51.1 Å². The van der Waals surface area contributed by atoms with Gasteiger partial charge in [0.2, 0.25) is 29.4 Å². The topological polar surface area (TPSA) is 283 Å². The van der Waals surface area contributed by atoms with E-state index >= 15 is 0 Å². The molecule has 0 spiro atoms. The van der Waals surface area contributed by atoms with Crippen LogP contribution in [0.1, 0.15) is 64.0 Å². The molecule has 2 rings (SSSR count). The molecule has 6 amide bonds. The van der Waals surface area contributed by atoms with E-state index in [2.05, 4.69) is 31.3 Å². The lowest BCUT2D eigenvalue weighted by Crippen LogP contribution is -2.59. The van der Waals surface area contributed by atoms with Gasteiger partial charge in [0.05, 0.1) is 6.61 Å². The van der Waals surface area contributed by atoms with E-state index in [-0.39, 0.29) is 51.7 Å². The second kappa shape index (κ2) is 22.5. The summed E-state index contributed by atoms with van der Waals surface area (Å²) in [7, 11) is 0. The number of hydrogen-bond acceptors (Lipinski definition) is 9. The summed E-state index contributed by atoms with van der Waals surface area (Å²) in [5, 5.41) is 19.1. The number of primary amides is 2. The van der Waals surface area contributed by atoms with E-state index in [4.69, 9.17) is 27.3 Å². The monoisotopic (exact) mass is 829 g/mol. The van der Waals surface area contributed by atoms with Crippen LogP contribution in [0.2, 0.25) is 0 Å². The molecule has 0 fully saturated rings. The molecule has 4 unspecified atom stereocenters. The van der Waals surface area contributed by atoms with Gasteiger partial charge in [0.25, 0.3) is 0 Å². The third kappa shape index (κ3) is 16.1. The Balaban J connectivity index is 2.52. The van der Waals surface area contributed by atoms with Crippen LogP contribution in [-0.4, -0.2) is 84.7 Å². The molecule has 0 aliphatic heterocycles. The molecule has 22 heteroatoms. The number of guanidine groups is 1. The highest BCUT2D eigenvalue weighted by atomic mass is 19.2. The second-order valence-corrected chi connectivity index (χ2v) is 13.9. The fourth-order valence-electron chi connectivity index (χ4n) is 5.28. The van der Waals surface area contributed by atoms with Crippen LogP contribution >= 0.6 is 0 Å². The summed E-state index contributed by atoms with van der Waals surface area (Å²) in [4.78, 5) is 77.2. The van der Waals surface area contributed by atoms with Crippen molar-refractivity contribution in [2.75, 3.05) is 13.2 Å². The van der Waals surface area contributed by atoms with Crippen molar-refractivity contribution < 1.29 is 60.2 Å². The molecule has 0 saturated carbocycles. The molecule has 0 bridgehead atoms. The molecule has 0 aromatic heterocycles. The number of carbonyl (C=O) groups is 6. The minimum atomic E-state index is -2.48. The summed E-state index contributed by atoms with van der Waals surface area (Å²) in [6.07, 6.45) is -3.73. The minimum Gasteiger partial charge on any atom is -0.450 e. The number of hydrogen-bond donors (Lipinski definition) is 9. The second-order valence-electron chi connectivity index (χ2n) is 13.9. The summed E-state index contributed by atoms with van der Waals surface area (Å²) in [5.74, 6) is -16.8. The normalized spacial score (nSPS) is 13.2. The number of alkyl carbamates (subject to hydrolysis) is 1. The highest BCUT2D eigenvalue weighted by molar-refractivity contribution is 5.95. The van der Waals surface area contributed by atoms with Crippen LogP contribution in [0.15, 0.2) is 30.3 Å². The van der Waals surface area contributed by atoms with E-state index in [0.717, 1.165) is 0 Å². The predicted octanol–water partition coefficient (Wildman–Crippen LogP) is 1.53. The fraction of sp³-hybridized carbons (Fsp3) is 0.472. The van der Waals surface area contributed by atoms with Crippen LogP contribution in [0.25, 0.3) is 0 Å². The highest BCUT2D eigenvalue weighted by Gasteiger charge is 2.35. The Morgan fingerprint density at radius 1 is 0.672 bits per heavy atom. The largest absolute Gasteiger partial charge is 0.450 e. The molecular weight excluding hydrogens is 781 g/mol. The average molecular weight is 830 g/mol. The standard InChI is InChI=1S/C36H48F5N9O8/c1-36(2,3)58-35(56)50-22(16-18-10-5-4-6-11-18)31(53)48-21(13-9-14-46-33(43)44)30(52)49-23(17-19-24(37)26(39)28(41)27(40)25(19)38)32(54)47-20(29(42)51)12-7-8-15-57-34(45)55/h4-6,10-11,20-23H,7-9,12-17H2,1-3H3,(H2,42,51)(H2,45,55)(H,47,54)(H,48,53)(H,49,52)(H,50,56)(H4,43,44,46). The molecule has 58 heavy (non-hydrogen) atoms. The Bertz CT molecular complexity index is 1770. The molecule has 0 radical (unpaired) electrons. The Kier molecular flexibility index (Phi) is 18.6. The first-order valence-electron chi connectivity index (χ1n) is 17.9. The molecule has 4 atom stereocenters. The zero-order valence-corrected chi connectivity index (χ0v) is 31.9. The molecule has 0 aliphatic rings. The summed E-state index contributed by atoms with van der Waals surface area (Å²) in [6, 6.07) is 1.70. The van der Waals surface area contributed by atoms with Gasteiger partial charge in [-0.3, -0.25) is 24.6 Å². The van der Waals surface area contributed by atoms with Crippen LogP contribution in [0.5, 0.6) is 0 Å². The van der Waals surface area contributed by atoms with Gasteiger partial charge in [-0.1, -0.05) is 30.3 Å². The number of rotatable bonds is 21. The fourth-order valence-corrected chi connectivity index (χ4v) is 5.28. The first-order chi connectivity index (χ1) is 27.1. The number of amides is 6. The van der Waals surface area contributed by atoms with E-state index in [1.807, 2.05) is 0 Å². The van der Waals surface area contributed by atoms with Crippen LogP contribution in [0.4, 0.5) is 31.5 Å². The zero-order valence-electron chi connectivity index (χ0n) is 31.9. The third-order valence-corrected chi connectivity index (χ3v) is 8.04. The Morgan fingerprint density at radius 3 is 1.71 bits per heavy atom. The van der Waals surface area contributed by atoms with Crippen molar-refractivity contribution in [1.82, 2.24) is 26.6 Å². The number of nitrogens with two attached hydrogens (primary N) is 3. The van der Waals surface area contributed by atoms with Gasteiger partial charge in [-0.15, -0.1) is 0 Å². The third-order valence-electron chi connectivity index (χ3n) is 8.04. The van der Waals surface area contributed by atoms with Gasteiger partial charge in [0.1, 0.15) is 29.8 Å². The van der Waals surface area contributed by atoms with Gasteiger partial charge in [-0.25, -0.2) is 31.5 Å². The van der Waals surface area contributed by atoms with Crippen molar-refractivity contribution in [2.45, 2.75) is 95.5 Å². The number of ether oxygens (including phenoxy) is 2. The van der Waals surface area contributed by atoms with Gasteiger partial charge >= 0.3 is 12.2 Å². The maximum Gasteiger partial charge on any atom is 0.408 e. The lowest BCUT2D eigenvalue weighted by atomic mass is 10.0. The maximum atomic E-state index is 14.9. The zero-order chi connectivity index (χ0) is 43.7. The van der Waals surface area contributed by atoms with Crippen LogP contribution in [0, 0.1) is 34.5 Å². The molecule has 12 N–H and O–H groups in total. The van der Waals surface area contributed by atoms with E-state index in [1.165, 1.54) is 0 Å². The van der Waals surface area contributed by atoms with Gasteiger partial charge in [-0.2, -0.15) is 0 Å². The number of benzene rings is 2. The summed E-state index contributed by atoms with van der Waals surface area (Å²) in [5.41, 5.74) is 13.8. The number of unbranched alkanes of at least 4 members (excludes halogenated alkanes) is 1. The molecule has 2 aromatic carbocycles. The average Bonchev–Trinajstić information content (AvgIpc) is 3.13. The first-order valence-corrected chi connectivity index (χ1v) is 17.9. The van der Waals surface area contributed by atoms with Gasteiger partial charge in [0, 0.05) is 24.9 Å². The summed E-state index contributed by atoms with van der Waals surface area (Å²) < 4.78 is 82.1. The van der Waals surface area contributed by atoms with Crippen molar-refractivity contribution >= 4 is 41.8 Å².